The molecular formula is C14H18FNO2S. The number of aliphatic hydroxyl groups is 1. The van der Waals surface area contributed by atoms with Crippen LogP contribution in [0.4, 0.5) is 4.39 Å². The number of β-amino-alcohol motifs (C(OH)–C–C–N with tert-alkyl or cyclic N) is 1. The highest BCUT2D eigenvalue weighted by Gasteiger charge is 2.30. The van der Waals surface area contributed by atoms with Gasteiger partial charge >= 0.3 is 0 Å². The van der Waals surface area contributed by atoms with Crippen molar-refractivity contribution in [2.45, 2.75) is 30.3 Å². The zero-order valence-electron chi connectivity index (χ0n) is 10.9. The molecule has 0 aromatic heterocycles. The summed E-state index contributed by atoms with van der Waals surface area (Å²) in [5.41, 5.74) is -0.769. The van der Waals surface area contributed by atoms with Crippen molar-refractivity contribution >= 4 is 17.7 Å². The summed E-state index contributed by atoms with van der Waals surface area (Å²) in [5.74, 6) is 0.0684. The molecule has 0 aliphatic carbocycles. The summed E-state index contributed by atoms with van der Waals surface area (Å²) in [6.07, 6.45) is 1.57. The third-order valence-electron chi connectivity index (χ3n) is 3.20. The van der Waals surface area contributed by atoms with E-state index in [0.29, 0.717) is 18.8 Å². The molecule has 0 spiro atoms. The van der Waals surface area contributed by atoms with Crippen molar-refractivity contribution in [1.29, 1.82) is 0 Å². The van der Waals surface area contributed by atoms with Gasteiger partial charge in [0.1, 0.15) is 5.82 Å². The van der Waals surface area contributed by atoms with Crippen LogP contribution in [-0.4, -0.2) is 40.4 Å². The highest BCUT2D eigenvalue weighted by molar-refractivity contribution is 8.00. The molecule has 1 atom stereocenters. The average Bonchev–Trinajstić information content (AvgIpc) is 2.36. The van der Waals surface area contributed by atoms with Gasteiger partial charge in [-0.1, -0.05) is 0 Å². The quantitative estimate of drug-likeness (QED) is 0.865. The molecule has 1 aromatic rings. The third-order valence-corrected chi connectivity index (χ3v) is 4.20. The molecule has 1 saturated heterocycles. The van der Waals surface area contributed by atoms with E-state index in [1.165, 1.54) is 23.9 Å². The largest absolute Gasteiger partial charge is 0.388 e. The number of thioether (sulfide) groups is 1. The molecule has 1 N–H and O–H groups in total. The van der Waals surface area contributed by atoms with Gasteiger partial charge in [-0.25, -0.2) is 4.39 Å². The molecule has 5 heteroatoms. The number of rotatable bonds is 3. The van der Waals surface area contributed by atoms with Crippen molar-refractivity contribution in [2.24, 2.45) is 0 Å². The van der Waals surface area contributed by atoms with E-state index in [1.807, 2.05) is 0 Å². The number of nitrogens with zero attached hydrogens (tertiary/aromatic N) is 1. The maximum absolute atomic E-state index is 12.7. The molecule has 104 valence electrons. The number of carbonyl (C=O) groups excluding carboxylic acids is 1. The first-order valence-electron chi connectivity index (χ1n) is 6.35. The lowest BCUT2D eigenvalue weighted by Gasteiger charge is -2.36. The van der Waals surface area contributed by atoms with E-state index in [-0.39, 0.29) is 11.7 Å². The molecule has 2 rings (SSSR count). The van der Waals surface area contributed by atoms with Gasteiger partial charge in [-0.05, 0) is 44.0 Å². The molecule has 1 aliphatic rings. The van der Waals surface area contributed by atoms with Crippen LogP contribution in [0.3, 0.4) is 0 Å². The topological polar surface area (TPSA) is 40.5 Å². The van der Waals surface area contributed by atoms with Crippen LogP contribution in [0.5, 0.6) is 0 Å². The second kappa shape index (κ2) is 5.92. The van der Waals surface area contributed by atoms with E-state index < -0.39 is 5.60 Å². The summed E-state index contributed by atoms with van der Waals surface area (Å²) in [6.45, 7) is 2.87. The van der Waals surface area contributed by atoms with E-state index in [9.17, 15) is 14.3 Å². The summed E-state index contributed by atoms with van der Waals surface area (Å²) in [7, 11) is 0. The van der Waals surface area contributed by atoms with E-state index in [1.54, 1.807) is 24.0 Å². The average molecular weight is 283 g/mol. The predicted octanol–water partition coefficient (Wildman–Crippen LogP) is 2.29. The number of hydrogen-bond acceptors (Lipinski definition) is 3. The minimum absolute atomic E-state index is 0.0225. The fourth-order valence-electron chi connectivity index (χ4n) is 2.20. The zero-order valence-corrected chi connectivity index (χ0v) is 11.8. The Balaban J connectivity index is 1.85. The third kappa shape index (κ3) is 4.21. The van der Waals surface area contributed by atoms with Crippen LogP contribution < -0.4 is 0 Å². The van der Waals surface area contributed by atoms with Crippen LogP contribution >= 0.6 is 11.8 Å². The Hall–Kier alpha value is -1.07. The van der Waals surface area contributed by atoms with Crippen LogP contribution in [0.1, 0.15) is 19.8 Å². The fourth-order valence-corrected chi connectivity index (χ4v) is 3.00. The van der Waals surface area contributed by atoms with Crippen molar-refractivity contribution < 1.29 is 14.3 Å². The molecular weight excluding hydrogens is 265 g/mol. The van der Waals surface area contributed by atoms with Gasteiger partial charge < -0.3 is 10.0 Å². The van der Waals surface area contributed by atoms with Crippen molar-refractivity contribution in [3.05, 3.63) is 30.1 Å². The lowest BCUT2D eigenvalue weighted by molar-refractivity contribution is -0.134. The number of halogens is 1. The summed E-state index contributed by atoms with van der Waals surface area (Å²) in [5, 5.41) is 9.97. The maximum Gasteiger partial charge on any atom is 0.233 e. The number of benzene rings is 1. The van der Waals surface area contributed by atoms with Gasteiger partial charge in [0.15, 0.2) is 0 Å². The molecule has 0 saturated carbocycles. The molecule has 1 amide bonds. The molecule has 1 unspecified atom stereocenters. The van der Waals surface area contributed by atoms with Crippen molar-refractivity contribution in [3.63, 3.8) is 0 Å². The number of hydrogen-bond donors (Lipinski definition) is 1. The summed E-state index contributed by atoms with van der Waals surface area (Å²) >= 11 is 1.39. The van der Waals surface area contributed by atoms with Crippen molar-refractivity contribution in [2.75, 3.05) is 18.8 Å². The van der Waals surface area contributed by atoms with Gasteiger partial charge in [0.05, 0.1) is 11.4 Å². The van der Waals surface area contributed by atoms with E-state index in [0.717, 1.165) is 17.7 Å². The van der Waals surface area contributed by atoms with Crippen molar-refractivity contribution in [3.8, 4) is 0 Å². The Morgan fingerprint density at radius 3 is 2.79 bits per heavy atom. The first-order chi connectivity index (χ1) is 8.96. The number of carbonyl (C=O) groups is 1. The maximum atomic E-state index is 12.7. The highest BCUT2D eigenvalue weighted by atomic mass is 32.2. The minimum atomic E-state index is -0.769. The normalized spacial score (nSPS) is 23.4. The van der Waals surface area contributed by atoms with Gasteiger partial charge in [-0.3, -0.25) is 4.79 Å². The molecule has 1 heterocycles. The standard InChI is InChI=1S/C14H18FNO2S/c1-14(18)7-2-8-16(10-14)13(17)9-19-12-5-3-11(15)4-6-12/h3-6,18H,2,7-10H2,1H3. The minimum Gasteiger partial charge on any atom is -0.388 e. The van der Waals surface area contributed by atoms with Crippen molar-refractivity contribution in [1.82, 2.24) is 4.90 Å². The summed E-state index contributed by atoms with van der Waals surface area (Å²) in [4.78, 5) is 14.6. The number of likely N-dealkylation sites (tertiary alicyclic amines) is 1. The second-order valence-electron chi connectivity index (χ2n) is 5.16. The Labute approximate surface area is 116 Å². The molecule has 0 bridgehead atoms. The number of piperidine rings is 1. The van der Waals surface area contributed by atoms with Crippen LogP contribution in [0.2, 0.25) is 0 Å². The summed E-state index contributed by atoms with van der Waals surface area (Å²) < 4.78 is 12.7. The lowest BCUT2D eigenvalue weighted by Crippen LogP contribution is -2.49. The van der Waals surface area contributed by atoms with Gasteiger partial charge in [0.25, 0.3) is 0 Å². The number of amides is 1. The molecule has 19 heavy (non-hydrogen) atoms. The first kappa shape index (κ1) is 14.3. The Bertz CT molecular complexity index is 447. The second-order valence-corrected chi connectivity index (χ2v) is 6.21. The lowest BCUT2D eigenvalue weighted by atomic mass is 9.95. The van der Waals surface area contributed by atoms with E-state index in [2.05, 4.69) is 0 Å². The Kier molecular flexibility index (Phi) is 4.47. The first-order valence-corrected chi connectivity index (χ1v) is 7.33. The van der Waals surface area contributed by atoms with Crippen LogP contribution in [-0.2, 0) is 4.79 Å². The molecule has 1 aromatic carbocycles. The zero-order chi connectivity index (χ0) is 13.9. The SMILES string of the molecule is CC1(O)CCCN(C(=O)CSc2ccc(F)cc2)C1. The molecule has 1 aliphatic heterocycles. The van der Waals surface area contributed by atoms with Gasteiger partial charge in [0, 0.05) is 18.0 Å². The van der Waals surface area contributed by atoms with Gasteiger partial charge in [-0.15, -0.1) is 11.8 Å². The summed E-state index contributed by atoms with van der Waals surface area (Å²) in [6, 6.07) is 6.11. The molecule has 1 fully saturated rings. The predicted molar refractivity (Wildman–Crippen MR) is 73.6 cm³/mol. The van der Waals surface area contributed by atoms with Gasteiger partial charge in [0.2, 0.25) is 5.91 Å². The van der Waals surface area contributed by atoms with Gasteiger partial charge in [-0.2, -0.15) is 0 Å². The van der Waals surface area contributed by atoms with Crippen LogP contribution in [0.15, 0.2) is 29.2 Å². The molecule has 0 radical (unpaired) electrons. The Morgan fingerprint density at radius 1 is 1.47 bits per heavy atom. The van der Waals surface area contributed by atoms with E-state index >= 15 is 0 Å². The Morgan fingerprint density at radius 2 is 2.16 bits per heavy atom. The smallest absolute Gasteiger partial charge is 0.233 e. The van der Waals surface area contributed by atoms with E-state index in [4.69, 9.17) is 0 Å². The highest BCUT2D eigenvalue weighted by Crippen LogP contribution is 2.23. The fraction of sp³-hybridized carbons (Fsp3) is 0.500. The monoisotopic (exact) mass is 283 g/mol. The van der Waals surface area contributed by atoms with Crippen LogP contribution in [0.25, 0.3) is 0 Å². The van der Waals surface area contributed by atoms with Crippen LogP contribution in [0, 0.1) is 5.82 Å². The molecule has 3 nitrogen and oxygen atoms in total.